The van der Waals surface area contributed by atoms with Crippen LogP contribution in [0.1, 0.15) is 175 Å². The topological polar surface area (TPSA) is 138 Å². The molecule has 1 fully saturated rings. The van der Waals surface area contributed by atoms with Crippen molar-refractivity contribution in [2.75, 3.05) is 46.2 Å². The summed E-state index contributed by atoms with van der Waals surface area (Å²) in [5, 5.41) is 18.3. The number of ether oxygens (including phenoxy) is 5. The molecule has 0 spiro atoms. The van der Waals surface area contributed by atoms with Gasteiger partial charge in [0.25, 0.3) is 0 Å². The Morgan fingerprint density at radius 3 is 1.35 bits per heavy atom. The number of carbonyl (C=O) groups is 3. The predicted octanol–water partition coefficient (Wildman–Crippen LogP) is 9.48. The Kier molecular flexibility index (Phi) is 38.7. The Morgan fingerprint density at radius 2 is 0.944 bits per heavy atom. The van der Waals surface area contributed by atoms with E-state index in [1.807, 2.05) is 13.8 Å². The van der Waals surface area contributed by atoms with Gasteiger partial charge >= 0.3 is 17.9 Å². The van der Waals surface area contributed by atoms with Crippen LogP contribution in [0.3, 0.4) is 0 Å². The molecule has 0 aromatic heterocycles. The number of hydrogen-bond acceptors (Lipinski definition) is 10. The average Bonchev–Trinajstić information content (AvgIpc) is 3.15. The van der Waals surface area contributed by atoms with Gasteiger partial charge in [-0.05, 0) is 78.1 Å². The normalized spacial score (nSPS) is 14.6. The second-order valence-corrected chi connectivity index (χ2v) is 14.8. The second-order valence-electron chi connectivity index (χ2n) is 14.8. The number of aliphatic hydroxyl groups is 2. The third kappa shape index (κ3) is 34.9. The predicted molar refractivity (Wildman–Crippen MR) is 211 cm³/mol. The third-order valence-electron chi connectivity index (χ3n) is 9.00. The molecule has 54 heavy (non-hydrogen) atoms. The van der Waals surface area contributed by atoms with E-state index in [1.165, 1.54) is 38.5 Å². The molecular weight excluding hydrogens is 860 g/mol. The van der Waals surface area contributed by atoms with Gasteiger partial charge in [-0.1, -0.05) is 102 Å². The fourth-order valence-corrected chi connectivity index (χ4v) is 5.37. The summed E-state index contributed by atoms with van der Waals surface area (Å²) in [6, 6.07) is 0. The largest absolute Gasteiger partial charge is 0.465 e. The summed E-state index contributed by atoms with van der Waals surface area (Å²) in [6.07, 6.45) is 30.6. The zero-order valence-corrected chi connectivity index (χ0v) is 37.5. The molecule has 1 aliphatic heterocycles. The van der Waals surface area contributed by atoms with E-state index in [9.17, 15) is 19.5 Å². The zero-order chi connectivity index (χ0) is 39.3. The summed E-state index contributed by atoms with van der Waals surface area (Å²) in [4.78, 5) is 35.2. The molecule has 0 aliphatic carbocycles. The minimum absolute atomic E-state index is 0. The molecule has 0 aromatic rings. The molecule has 2 N–H and O–H groups in total. The van der Waals surface area contributed by atoms with Gasteiger partial charge in [0.2, 0.25) is 0 Å². The summed E-state index contributed by atoms with van der Waals surface area (Å²) in [6.45, 7) is 9.79. The van der Waals surface area contributed by atoms with Crippen molar-refractivity contribution in [2.24, 2.45) is 5.41 Å². The summed E-state index contributed by atoms with van der Waals surface area (Å²) in [5.74, 6) is -1.15. The molecule has 11 heteroatoms. The van der Waals surface area contributed by atoms with Crippen molar-refractivity contribution >= 4 is 17.9 Å². The first-order valence-electron chi connectivity index (χ1n) is 20.9. The number of hydrogen-bond donors (Lipinski definition) is 2. The van der Waals surface area contributed by atoms with Gasteiger partial charge in [0.05, 0.1) is 38.4 Å². The maximum Gasteiger partial charge on any atom is 0.305 e. The van der Waals surface area contributed by atoms with E-state index in [2.05, 4.69) is 38.2 Å². The first-order chi connectivity index (χ1) is 25.6. The van der Waals surface area contributed by atoms with Crippen LogP contribution in [-0.2, 0) is 59.1 Å². The third-order valence-corrected chi connectivity index (χ3v) is 9.00. The molecule has 1 rings (SSSR count). The smallest absolute Gasteiger partial charge is 0.305 e. The molecule has 0 aromatic carbocycles. The van der Waals surface area contributed by atoms with Crippen molar-refractivity contribution in [3.05, 3.63) is 24.3 Å². The zero-order valence-electron chi connectivity index (χ0n) is 34.6. The van der Waals surface area contributed by atoms with Gasteiger partial charge in [-0.25, -0.2) is 0 Å². The standard InChI is InChI=1S/C26H46O7.C17H32O3.W/c1-4-5-6-7-8-12-15-18-30-23(28)16-13-10-9-11-14-17-24(29)31-20-26(19-27)21-32-25(2,3)33-22-26;1-2-3-4-5-6-10-13-16-20-17(19)14-11-8-7-9-12-15-18;/h8,12,27H,4-7,9-11,13-22H2,1-3H3;6,10,18H,2-5,7-9,11-16H2,1H3;/b12-8-;10-6-;. The van der Waals surface area contributed by atoms with Crippen LogP contribution in [0.15, 0.2) is 24.3 Å². The molecule has 0 saturated carbocycles. The Balaban J connectivity index is 0. The van der Waals surface area contributed by atoms with Crippen LogP contribution in [0.2, 0.25) is 0 Å². The van der Waals surface area contributed by atoms with Crippen LogP contribution in [0.4, 0.5) is 0 Å². The summed E-state index contributed by atoms with van der Waals surface area (Å²) in [5.41, 5.74) is -0.690. The van der Waals surface area contributed by atoms with Gasteiger partial charge in [-0.2, -0.15) is 0 Å². The molecule has 10 nitrogen and oxygen atoms in total. The minimum atomic E-state index is -0.690. The van der Waals surface area contributed by atoms with Gasteiger partial charge in [0, 0.05) is 46.9 Å². The van der Waals surface area contributed by atoms with E-state index in [1.54, 1.807) is 0 Å². The van der Waals surface area contributed by atoms with Crippen LogP contribution in [0.25, 0.3) is 0 Å². The number of esters is 3. The average molecular weight is 939 g/mol. The number of carbonyl (C=O) groups excluding carboxylic acids is 3. The molecule has 0 atom stereocenters. The van der Waals surface area contributed by atoms with Gasteiger partial charge in [0.15, 0.2) is 5.79 Å². The van der Waals surface area contributed by atoms with Crippen LogP contribution >= 0.6 is 0 Å². The minimum Gasteiger partial charge on any atom is -0.465 e. The second kappa shape index (κ2) is 38.3. The molecule has 1 saturated heterocycles. The summed E-state index contributed by atoms with van der Waals surface area (Å²) < 4.78 is 27.0. The van der Waals surface area contributed by atoms with Crippen molar-refractivity contribution in [2.45, 2.75) is 181 Å². The molecule has 1 aliphatic rings. The van der Waals surface area contributed by atoms with Gasteiger partial charge < -0.3 is 33.9 Å². The van der Waals surface area contributed by atoms with E-state index in [0.717, 1.165) is 89.9 Å². The molecule has 1 heterocycles. The fourth-order valence-electron chi connectivity index (χ4n) is 5.37. The Bertz CT molecular complexity index is 943. The van der Waals surface area contributed by atoms with Crippen LogP contribution in [-0.4, -0.2) is 80.2 Å². The van der Waals surface area contributed by atoms with Crippen molar-refractivity contribution in [3.8, 4) is 0 Å². The number of allylic oxidation sites excluding steroid dienone is 2. The fraction of sp³-hybridized carbons (Fsp3) is 0.837. The van der Waals surface area contributed by atoms with Crippen molar-refractivity contribution in [1.82, 2.24) is 0 Å². The van der Waals surface area contributed by atoms with E-state index >= 15 is 0 Å². The quantitative estimate of drug-likeness (QED) is 0.0291. The van der Waals surface area contributed by atoms with E-state index in [-0.39, 0.29) is 58.8 Å². The first-order valence-corrected chi connectivity index (χ1v) is 20.9. The SMILES string of the molecule is CCCCC/C=C\CCOC(=O)CCCCCCCC(=O)OCC1(CO)COC(C)(C)OC1.CCCCC/C=C\CCOC(=O)CCCCCCCO.[W]. The number of rotatable bonds is 32. The van der Waals surface area contributed by atoms with Crippen LogP contribution in [0.5, 0.6) is 0 Å². The van der Waals surface area contributed by atoms with E-state index in [0.29, 0.717) is 45.7 Å². The van der Waals surface area contributed by atoms with Crippen molar-refractivity contribution in [1.29, 1.82) is 0 Å². The van der Waals surface area contributed by atoms with E-state index in [4.69, 9.17) is 28.8 Å². The maximum atomic E-state index is 12.0. The monoisotopic (exact) mass is 939 g/mol. The molecule has 0 amide bonds. The Morgan fingerprint density at radius 1 is 0.556 bits per heavy atom. The number of aliphatic hydroxyl groups excluding tert-OH is 2. The molecule has 0 bridgehead atoms. The Labute approximate surface area is 343 Å². The first kappa shape index (κ1) is 54.5. The number of unbranched alkanes of at least 4 members (excludes halogenated alkanes) is 14. The van der Waals surface area contributed by atoms with Gasteiger partial charge in [-0.15, -0.1) is 0 Å². The molecular formula is C43H78O10W. The van der Waals surface area contributed by atoms with Crippen LogP contribution in [0, 0.1) is 5.41 Å². The maximum absolute atomic E-state index is 12.0. The van der Waals surface area contributed by atoms with Gasteiger partial charge in [0.1, 0.15) is 6.61 Å². The van der Waals surface area contributed by atoms with Gasteiger partial charge in [-0.3, -0.25) is 14.4 Å². The molecule has 0 radical (unpaired) electrons. The molecule has 0 unspecified atom stereocenters. The summed E-state index contributed by atoms with van der Waals surface area (Å²) >= 11 is 0. The molecule has 316 valence electrons. The van der Waals surface area contributed by atoms with Crippen molar-refractivity contribution in [3.63, 3.8) is 0 Å². The Hall–Kier alpha value is -1.58. The van der Waals surface area contributed by atoms with Crippen molar-refractivity contribution < 1.29 is 69.3 Å². The summed E-state index contributed by atoms with van der Waals surface area (Å²) in [7, 11) is 0. The van der Waals surface area contributed by atoms with E-state index < -0.39 is 11.2 Å². The van der Waals surface area contributed by atoms with Crippen LogP contribution < -0.4 is 0 Å².